The molecule has 0 spiro atoms. The maximum absolute atomic E-state index is 10.9. The zero-order valence-electron chi connectivity index (χ0n) is 15.6. The second-order valence-corrected chi connectivity index (χ2v) is 7.19. The summed E-state index contributed by atoms with van der Waals surface area (Å²) in [5.41, 5.74) is 2.08. The zero-order chi connectivity index (χ0) is 20.1. The van der Waals surface area contributed by atoms with E-state index < -0.39 is 5.97 Å². The number of pyridine rings is 1. The number of nitrogens with zero attached hydrogens (tertiary/aromatic N) is 2. The summed E-state index contributed by atoms with van der Waals surface area (Å²) in [5, 5.41) is 10.9. The Labute approximate surface area is 171 Å². The molecule has 0 saturated carbocycles. The predicted octanol–water partition coefficient (Wildman–Crippen LogP) is 3.71. The van der Waals surface area contributed by atoms with E-state index in [-0.39, 0.29) is 5.56 Å². The smallest absolute Gasteiger partial charge is 0.146 e. The molecule has 0 fully saturated rings. The van der Waals surface area contributed by atoms with Crippen LogP contribution in [0.3, 0.4) is 0 Å². The number of hydrogen-bond donors (Lipinski definition) is 0. The number of carboxylic acid groups (broad SMARTS) is 1. The van der Waals surface area contributed by atoms with E-state index in [4.69, 9.17) is 9.15 Å². The summed E-state index contributed by atoms with van der Waals surface area (Å²) in [6.45, 7) is 5.59. The molecule has 6 nitrogen and oxygen atoms in total. The first-order valence-corrected chi connectivity index (χ1v) is 9.63. The third kappa shape index (κ3) is 4.72. The third-order valence-electron chi connectivity index (χ3n) is 4.40. The van der Waals surface area contributed by atoms with Gasteiger partial charge in [-0.3, -0.25) is 0 Å². The van der Waals surface area contributed by atoms with Gasteiger partial charge in [-0.05, 0) is 55.8 Å². The molecule has 0 aliphatic carbocycles. The van der Waals surface area contributed by atoms with Crippen molar-refractivity contribution in [2.24, 2.45) is 0 Å². The van der Waals surface area contributed by atoms with Crippen molar-refractivity contribution < 1.29 is 19.1 Å². The van der Waals surface area contributed by atoms with Gasteiger partial charge in [-0.25, -0.2) is 4.98 Å². The van der Waals surface area contributed by atoms with E-state index in [0.29, 0.717) is 25.5 Å². The minimum atomic E-state index is -1.24. The molecule has 0 aliphatic heterocycles. The van der Waals surface area contributed by atoms with Crippen LogP contribution in [0.1, 0.15) is 34.2 Å². The number of anilines is 1. The molecule has 0 amide bonds. The lowest BCUT2D eigenvalue weighted by molar-refractivity contribution is -0.255. The molecule has 28 heavy (non-hydrogen) atoms. The number of halogens is 1. The van der Waals surface area contributed by atoms with Gasteiger partial charge in [0.25, 0.3) is 0 Å². The van der Waals surface area contributed by atoms with E-state index in [0.717, 1.165) is 27.1 Å². The summed E-state index contributed by atoms with van der Waals surface area (Å²) < 4.78 is 12.4. The molecule has 3 rings (SSSR count). The maximum atomic E-state index is 10.9. The number of ether oxygens (including phenoxy) is 1. The van der Waals surface area contributed by atoms with Crippen molar-refractivity contribution in [1.82, 2.24) is 4.98 Å². The first-order valence-electron chi connectivity index (χ1n) is 8.84. The van der Waals surface area contributed by atoms with Gasteiger partial charge in [0.15, 0.2) is 0 Å². The highest BCUT2D eigenvalue weighted by molar-refractivity contribution is 9.10. The first-order chi connectivity index (χ1) is 13.5. The van der Waals surface area contributed by atoms with E-state index in [9.17, 15) is 9.90 Å². The first kappa shape index (κ1) is 19.9. The number of aryl methyl sites for hydroxylation is 1. The van der Waals surface area contributed by atoms with Crippen LogP contribution in [0.4, 0.5) is 5.82 Å². The van der Waals surface area contributed by atoms with E-state index in [1.54, 1.807) is 12.3 Å². The Morgan fingerprint density at radius 1 is 1.29 bits per heavy atom. The maximum Gasteiger partial charge on any atom is 0.146 e. The molecule has 2 heterocycles. The van der Waals surface area contributed by atoms with E-state index in [2.05, 4.69) is 20.9 Å². The van der Waals surface area contributed by atoms with E-state index in [1.807, 2.05) is 43.0 Å². The molecule has 0 unspecified atom stereocenters. The summed E-state index contributed by atoms with van der Waals surface area (Å²) in [6, 6.07) is 10.9. The van der Waals surface area contributed by atoms with Crippen molar-refractivity contribution in [3.8, 4) is 5.75 Å². The molecule has 0 saturated heterocycles. The summed E-state index contributed by atoms with van der Waals surface area (Å²) in [7, 11) is 0. The van der Waals surface area contributed by atoms with Crippen LogP contribution in [0.5, 0.6) is 5.75 Å². The van der Waals surface area contributed by atoms with Crippen LogP contribution in [0.2, 0.25) is 0 Å². The summed E-state index contributed by atoms with van der Waals surface area (Å²) in [6.07, 6.45) is 2.96. The number of carbonyl (C=O) groups is 1. The van der Waals surface area contributed by atoms with Gasteiger partial charge in [0.2, 0.25) is 0 Å². The molecule has 3 aromatic rings. The molecule has 0 atom stereocenters. The molecule has 0 radical (unpaired) electrons. The van der Waals surface area contributed by atoms with Gasteiger partial charge >= 0.3 is 0 Å². The average molecular weight is 444 g/mol. The second kappa shape index (κ2) is 8.93. The van der Waals surface area contributed by atoms with Crippen LogP contribution in [0.15, 0.2) is 57.7 Å². The average Bonchev–Trinajstić information content (AvgIpc) is 3.10. The zero-order valence-corrected chi connectivity index (χ0v) is 17.2. The Kier molecular flexibility index (Phi) is 6.36. The van der Waals surface area contributed by atoms with Gasteiger partial charge in [0.05, 0.1) is 12.2 Å². The highest BCUT2D eigenvalue weighted by atomic mass is 79.9. The molecule has 1 aromatic carbocycles. The normalized spacial score (nSPS) is 10.7. The topological polar surface area (TPSA) is 78.6 Å². The lowest BCUT2D eigenvalue weighted by Crippen LogP contribution is -2.25. The van der Waals surface area contributed by atoms with Crippen LogP contribution in [-0.2, 0) is 13.2 Å². The minimum Gasteiger partial charge on any atom is -0.545 e. The molecule has 7 heteroatoms. The van der Waals surface area contributed by atoms with E-state index in [1.165, 1.54) is 12.3 Å². The number of furan rings is 1. The molecule has 2 aromatic heterocycles. The molecule has 0 aliphatic rings. The van der Waals surface area contributed by atoms with Gasteiger partial charge in [0.1, 0.15) is 23.9 Å². The second-order valence-electron chi connectivity index (χ2n) is 6.27. The quantitative estimate of drug-likeness (QED) is 0.527. The summed E-state index contributed by atoms with van der Waals surface area (Å²) in [4.78, 5) is 17.2. The number of carbonyl (C=O) groups excluding carboxylic acids is 1. The van der Waals surface area contributed by atoms with Crippen molar-refractivity contribution >= 4 is 27.7 Å². The van der Waals surface area contributed by atoms with Crippen molar-refractivity contribution in [1.29, 1.82) is 0 Å². The number of rotatable bonds is 8. The minimum absolute atomic E-state index is 0.0556. The van der Waals surface area contributed by atoms with Gasteiger partial charge in [0, 0.05) is 34.9 Å². The van der Waals surface area contributed by atoms with Gasteiger partial charge in [-0.15, -0.1) is 0 Å². The van der Waals surface area contributed by atoms with Crippen LogP contribution in [-0.4, -0.2) is 17.5 Å². The third-order valence-corrected chi connectivity index (χ3v) is 4.89. The van der Waals surface area contributed by atoms with Crippen LogP contribution in [0.25, 0.3) is 0 Å². The van der Waals surface area contributed by atoms with Gasteiger partial charge in [-0.1, -0.05) is 15.9 Å². The molecule has 0 bridgehead atoms. The fourth-order valence-electron chi connectivity index (χ4n) is 2.76. The number of benzene rings is 1. The van der Waals surface area contributed by atoms with Gasteiger partial charge in [-0.2, -0.15) is 0 Å². The SMILES string of the molecule is CCN(Cc1cc(Br)ccc1OCc1occc1C)c1ccc(C(=O)[O-])cn1. The Morgan fingerprint density at radius 3 is 2.71 bits per heavy atom. The molecule has 0 N–H and O–H groups in total. The fraction of sp³-hybridized carbons (Fsp3) is 0.238. The Balaban J connectivity index is 1.80. The van der Waals surface area contributed by atoms with Crippen molar-refractivity contribution in [2.45, 2.75) is 27.0 Å². The van der Waals surface area contributed by atoms with E-state index >= 15 is 0 Å². The van der Waals surface area contributed by atoms with Crippen LogP contribution < -0.4 is 14.7 Å². The number of carboxylic acids is 1. The fourth-order valence-corrected chi connectivity index (χ4v) is 3.17. The number of aromatic carboxylic acids is 1. The highest BCUT2D eigenvalue weighted by Gasteiger charge is 2.13. The molecule has 146 valence electrons. The van der Waals surface area contributed by atoms with Crippen LogP contribution in [0, 0.1) is 6.92 Å². The van der Waals surface area contributed by atoms with Crippen molar-refractivity contribution in [2.75, 3.05) is 11.4 Å². The summed E-state index contributed by atoms with van der Waals surface area (Å²) in [5.74, 6) is 0.989. The van der Waals surface area contributed by atoms with Crippen molar-refractivity contribution in [3.05, 3.63) is 75.8 Å². The summed E-state index contributed by atoms with van der Waals surface area (Å²) >= 11 is 3.51. The molecular formula is C21H20BrN2O4-. The predicted molar refractivity (Wildman–Crippen MR) is 107 cm³/mol. The monoisotopic (exact) mass is 443 g/mol. The lowest BCUT2D eigenvalue weighted by atomic mass is 10.1. The van der Waals surface area contributed by atoms with Crippen molar-refractivity contribution in [3.63, 3.8) is 0 Å². The Bertz CT molecular complexity index is 953. The number of hydrogen-bond acceptors (Lipinski definition) is 6. The Hall–Kier alpha value is -2.80. The standard InChI is InChI=1S/C21H21BrN2O4/c1-3-24(20-7-4-15(11-23-20)21(25)26)12-16-10-17(22)5-6-18(16)28-13-19-14(2)8-9-27-19/h4-11H,3,12-13H2,1-2H3,(H,25,26)/p-1. The largest absolute Gasteiger partial charge is 0.545 e. The van der Waals surface area contributed by atoms with Crippen LogP contribution >= 0.6 is 15.9 Å². The molecular weight excluding hydrogens is 424 g/mol. The lowest BCUT2D eigenvalue weighted by Gasteiger charge is -2.24. The van der Waals surface area contributed by atoms with Gasteiger partial charge < -0.3 is 24.0 Å². The Morgan fingerprint density at radius 2 is 2.11 bits per heavy atom. The highest BCUT2D eigenvalue weighted by Crippen LogP contribution is 2.27. The number of aromatic nitrogens is 1.